The van der Waals surface area contributed by atoms with E-state index in [0.29, 0.717) is 12.0 Å². The summed E-state index contributed by atoms with van der Waals surface area (Å²) in [5.74, 6) is 0.132. The van der Waals surface area contributed by atoms with E-state index in [1.807, 2.05) is 35.2 Å². The highest BCUT2D eigenvalue weighted by Gasteiger charge is 2.34. The van der Waals surface area contributed by atoms with Gasteiger partial charge in [0.15, 0.2) is 0 Å². The molecule has 0 atom stereocenters. The highest BCUT2D eigenvalue weighted by molar-refractivity contribution is 7.97. The van der Waals surface area contributed by atoms with E-state index in [2.05, 4.69) is 29.8 Å². The van der Waals surface area contributed by atoms with Crippen LogP contribution in [-0.2, 0) is 13.0 Å². The van der Waals surface area contributed by atoms with E-state index >= 15 is 0 Å². The second-order valence-electron chi connectivity index (χ2n) is 8.23. The van der Waals surface area contributed by atoms with E-state index in [4.69, 9.17) is 0 Å². The van der Waals surface area contributed by atoms with Crippen LogP contribution in [0.4, 0.5) is 0 Å². The lowest BCUT2D eigenvalue weighted by Gasteiger charge is -2.41. The largest absolute Gasteiger partial charge is 0.334 e. The fourth-order valence-corrected chi connectivity index (χ4v) is 5.15. The van der Waals surface area contributed by atoms with Crippen LogP contribution in [0.25, 0.3) is 0 Å². The molecule has 0 radical (unpaired) electrons. The molecule has 28 heavy (non-hydrogen) atoms. The van der Waals surface area contributed by atoms with Crippen molar-refractivity contribution in [3.8, 4) is 0 Å². The summed E-state index contributed by atoms with van der Waals surface area (Å²) in [6.45, 7) is 4.90. The number of hydrogen-bond donors (Lipinski definition) is 1. The number of benzene rings is 2. The Kier molecular flexibility index (Phi) is 6.07. The van der Waals surface area contributed by atoms with Gasteiger partial charge in [-0.15, -0.1) is 0 Å². The number of rotatable bonds is 7. The van der Waals surface area contributed by atoms with Gasteiger partial charge in [-0.1, -0.05) is 44.0 Å². The molecule has 2 aliphatic rings. The molecule has 0 spiro atoms. The highest BCUT2D eigenvalue weighted by Crippen LogP contribution is 2.46. The van der Waals surface area contributed by atoms with Gasteiger partial charge >= 0.3 is 0 Å². The molecule has 1 aliphatic carbocycles. The summed E-state index contributed by atoms with van der Waals surface area (Å²) in [6.07, 6.45) is 7.74. The van der Waals surface area contributed by atoms with Crippen molar-refractivity contribution in [3.05, 3.63) is 65.2 Å². The molecule has 148 valence electrons. The van der Waals surface area contributed by atoms with Crippen LogP contribution in [0.5, 0.6) is 0 Å². The molecular formula is C24H30N2OS. The molecule has 1 aliphatic heterocycles. The van der Waals surface area contributed by atoms with Crippen molar-refractivity contribution in [2.75, 3.05) is 13.1 Å². The van der Waals surface area contributed by atoms with Crippen LogP contribution < -0.4 is 4.72 Å². The maximum absolute atomic E-state index is 12.8. The van der Waals surface area contributed by atoms with Crippen molar-refractivity contribution in [3.63, 3.8) is 0 Å². The Labute approximate surface area is 173 Å². The lowest BCUT2D eigenvalue weighted by atomic mass is 9.65. The predicted octanol–water partition coefficient (Wildman–Crippen LogP) is 5.45. The number of carbonyl (C=O) groups is 1. The lowest BCUT2D eigenvalue weighted by molar-refractivity contribution is 0.0734. The molecule has 0 unspecified atom stereocenters. The second kappa shape index (κ2) is 8.71. The minimum Gasteiger partial charge on any atom is -0.334 e. The normalized spacial score (nSPS) is 17.7. The zero-order valence-electron chi connectivity index (χ0n) is 16.7. The Bertz CT molecular complexity index is 811. The van der Waals surface area contributed by atoms with E-state index in [1.54, 1.807) is 11.9 Å². The zero-order chi connectivity index (χ0) is 19.4. The summed E-state index contributed by atoms with van der Waals surface area (Å²) in [7, 11) is 0. The van der Waals surface area contributed by atoms with Crippen LogP contribution in [-0.4, -0.2) is 23.9 Å². The molecule has 1 saturated carbocycles. The van der Waals surface area contributed by atoms with Crippen LogP contribution in [0, 0.1) is 5.41 Å². The lowest BCUT2D eigenvalue weighted by Crippen LogP contribution is -2.35. The van der Waals surface area contributed by atoms with Crippen molar-refractivity contribution in [2.45, 2.75) is 56.9 Å². The number of fused-ring (bicyclic) bond motifs is 1. The van der Waals surface area contributed by atoms with E-state index < -0.39 is 0 Å². The number of nitrogens with one attached hydrogen (secondary N) is 1. The Balaban J connectivity index is 1.34. The van der Waals surface area contributed by atoms with Gasteiger partial charge in [0.25, 0.3) is 5.91 Å². The predicted molar refractivity (Wildman–Crippen MR) is 116 cm³/mol. The molecule has 4 rings (SSSR count). The van der Waals surface area contributed by atoms with Gasteiger partial charge in [0.05, 0.1) is 0 Å². The molecule has 0 saturated heterocycles. The van der Waals surface area contributed by atoms with Crippen molar-refractivity contribution in [1.29, 1.82) is 0 Å². The van der Waals surface area contributed by atoms with Crippen molar-refractivity contribution < 1.29 is 4.79 Å². The Morgan fingerprint density at radius 1 is 1.14 bits per heavy atom. The Hall–Kier alpha value is -1.78. The first kappa shape index (κ1) is 19.5. The van der Waals surface area contributed by atoms with Gasteiger partial charge in [-0.05, 0) is 78.4 Å². The summed E-state index contributed by atoms with van der Waals surface area (Å²) in [5, 5.41) is 0. The molecular weight excluding hydrogens is 364 g/mol. The average molecular weight is 395 g/mol. The van der Waals surface area contributed by atoms with Crippen LogP contribution in [0.2, 0.25) is 0 Å². The van der Waals surface area contributed by atoms with Gasteiger partial charge in [0.1, 0.15) is 0 Å². The Morgan fingerprint density at radius 3 is 2.68 bits per heavy atom. The topological polar surface area (TPSA) is 32.3 Å². The minimum atomic E-state index is 0.132. The fraction of sp³-hybridized carbons (Fsp3) is 0.458. The molecule has 1 fully saturated rings. The van der Waals surface area contributed by atoms with Crippen molar-refractivity contribution in [1.82, 2.24) is 9.62 Å². The molecule has 1 heterocycles. The highest BCUT2D eigenvalue weighted by atomic mass is 32.2. The quantitative estimate of drug-likeness (QED) is 0.500. The van der Waals surface area contributed by atoms with Gasteiger partial charge in [-0.2, -0.15) is 0 Å². The van der Waals surface area contributed by atoms with Gasteiger partial charge in [0.2, 0.25) is 0 Å². The number of hydrogen-bond acceptors (Lipinski definition) is 3. The molecule has 3 nitrogen and oxygen atoms in total. The summed E-state index contributed by atoms with van der Waals surface area (Å²) in [6, 6.07) is 16.3. The zero-order valence-corrected chi connectivity index (χ0v) is 17.6. The maximum Gasteiger partial charge on any atom is 0.254 e. The third-order valence-corrected chi connectivity index (χ3v) is 7.45. The number of carbonyl (C=O) groups excluding carboxylic acids is 1. The van der Waals surface area contributed by atoms with Crippen LogP contribution in [0.3, 0.4) is 0 Å². The van der Waals surface area contributed by atoms with Gasteiger partial charge in [-0.3, -0.25) is 9.52 Å². The van der Waals surface area contributed by atoms with Crippen LogP contribution in [0.15, 0.2) is 53.4 Å². The monoisotopic (exact) mass is 394 g/mol. The molecule has 1 amide bonds. The molecule has 1 N–H and O–H groups in total. The standard InChI is InChI=1S/C24H30N2OS/c1-2-24(12-6-13-24)14-15-25-28-22-10-9-19-11-16-26(18-21(19)17-22)23(27)20-7-4-3-5-8-20/h3-5,7-10,17,25H,2,6,11-16,18H2,1H3. The third kappa shape index (κ3) is 4.28. The smallest absolute Gasteiger partial charge is 0.254 e. The van der Waals surface area contributed by atoms with E-state index in [9.17, 15) is 4.79 Å². The van der Waals surface area contributed by atoms with E-state index in [-0.39, 0.29) is 5.91 Å². The molecule has 4 heteroatoms. The van der Waals surface area contributed by atoms with E-state index in [1.165, 1.54) is 48.1 Å². The van der Waals surface area contributed by atoms with Crippen molar-refractivity contribution in [2.24, 2.45) is 5.41 Å². The van der Waals surface area contributed by atoms with Crippen LogP contribution in [0.1, 0.15) is 60.5 Å². The molecule has 0 aromatic heterocycles. The van der Waals surface area contributed by atoms with E-state index in [0.717, 1.165) is 25.1 Å². The Morgan fingerprint density at radius 2 is 1.96 bits per heavy atom. The summed E-state index contributed by atoms with van der Waals surface area (Å²) in [4.78, 5) is 16.0. The maximum atomic E-state index is 12.8. The molecule has 2 aromatic rings. The first-order chi connectivity index (χ1) is 13.7. The summed E-state index contributed by atoms with van der Waals surface area (Å²) in [5.41, 5.74) is 4.05. The van der Waals surface area contributed by atoms with Gasteiger partial charge in [-0.25, -0.2) is 0 Å². The summed E-state index contributed by atoms with van der Waals surface area (Å²) >= 11 is 1.73. The van der Waals surface area contributed by atoms with Crippen molar-refractivity contribution >= 4 is 17.9 Å². The minimum absolute atomic E-state index is 0.132. The van der Waals surface area contributed by atoms with Gasteiger partial charge in [0, 0.05) is 30.1 Å². The average Bonchev–Trinajstić information content (AvgIpc) is 2.72. The number of nitrogens with zero attached hydrogens (tertiary/aromatic N) is 1. The molecule has 0 bridgehead atoms. The summed E-state index contributed by atoms with van der Waals surface area (Å²) < 4.78 is 3.56. The first-order valence-corrected chi connectivity index (χ1v) is 11.4. The number of amides is 1. The SMILES string of the molecule is CCC1(CCNSc2ccc3c(c2)CN(C(=O)c2ccccc2)CC3)CCC1. The second-order valence-corrected chi connectivity index (χ2v) is 9.19. The van der Waals surface area contributed by atoms with Crippen LogP contribution >= 0.6 is 11.9 Å². The molecule has 2 aromatic carbocycles. The van der Waals surface area contributed by atoms with Gasteiger partial charge < -0.3 is 4.90 Å². The fourth-order valence-electron chi connectivity index (χ4n) is 4.44. The first-order valence-electron chi connectivity index (χ1n) is 10.5. The third-order valence-electron chi connectivity index (χ3n) is 6.61.